The van der Waals surface area contributed by atoms with Gasteiger partial charge in [0.05, 0.1) is 5.69 Å². The number of hydrogen-bond donors (Lipinski definition) is 1. The van der Waals surface area contributed by atoms with Crippen molar-refractivity contribution in [2.45, 2.75) is 37.5 Å². The molecule has 2 heterocycles. The average molecular weight is 397 g/mol. The maximum Gasteiger partial charge on any atom is 0.251 e. The summed E-state index contributed by atoms with van der Waals surface area (Å²) in [6.45, 7) is 9.01. The van der Waals surface area contributed by atoms with Crippen LogP contribution in [0.3, 0.4) is 0 Å². The Morgan fingerprint density at radius 2 is 2.00 bits per heavy atom. The van der Waals surface area contributed by atoms with E-state index in [1.54, 1.807) is 11.8 Å². The van der Waals surface area contributed by atoms with Crippen LogP contribution in [0.25, 0.3) is 5.65 Å². The van der Waals surface area contributed by atoms with E-state index in [2.05, 4.69) is 42.2 Å². The van der Waals surface area contributed by atoms with Gasteiger partial charge < -0.3 is 9.72 Å². The molecule has 1 amide bonds. The largest absolute Gasteiger partial charge is 0.351 e. The third-order valence-electron chi connectivity index (χ3n) is 4.74. The van der Waals surface area contributed by atoms with Crippen molar-refractivity contribution in [3.63, 3.8) is 0 Å². The van der Waals surface area contributed by atoms with E-state index in [1.165, 1.54) is 0 Å². The highest BCUT2D eigenvalue weighted by Crippen LogP contribution is 2.23. The van der Waals surface area contributed by atoms with Crippen LogP contribution < -0.4 is 5.32 Å². The van der Waals surface area contributed by atoms with E-state index in [-0.39, 0.29) is 5.91 Å². The van der Waals surface area contributed by atoms with Crippen LogP contribution in [0.1, 0.15) is 36.8 Å². The summed E-state index contributed by atoms with van der Waals surface area (Å²) < 4.78 is 2.03. The van der Waals surface area contributed by atoms with Crippen molar-refractivity contribution in [3.8, 4) is 0 Å². The third kappa shape index (κ3) is 5.36. The summed E-state index contributed by atoms with van der Waals surface area (Å²) in [5, 5.41) is 3.01. The molecular weight excluding hydrogens is 368 g/mol. The number of fused-ring (bicyclic) bond motifs is 1. The maximum atomic E-state index is 12.3. The number of carbonyl (C=O) groups excluding carboxylic acids is 1. The van der Waals surface area contributed by atoms with Gasteiger partial charge in [-0.25, -0.2) is 4.98 Å². The number of benzene rings is 1. The highest BCUT2D eigenvalue weighted by atomic mass is 32.2. The van der Waals surface area contributed by atoms with Crippen LogP contribution in [0.2, 0.25) is 0 Å². The minimum Gasteiger partial charge on any atom is -0.351 e. The first kappa shape index (κ1) is 20.4. The minimum atomic E-state index is -0.0169. The molecule has 1 N–H and O–H groups in total. The molecule has 0 unspecified atom stereocenters. The lowest BCUT2D eigenvalue weighted by atomic mass is 10.2. The average Bonchev–Trinajstić information content (AvgIpc) is 3.12. The molecule has 0 saturated carbocycles. The van der Waals surface area contributed by atoms with Crippen LogP contribution >= 0.6 is 11.8 Å². The Balaban J connectivity index is 1.49. The Labute approximate surface area is 171 Å². The van der Waals surface area contributed by atoms with Gasteiger partial charge in [-0.15, -0.1) is 11.8 Å². The monoisotopic (exact) mass is 396 g/mol. The summed E-state index contributed by atoms with van der Waals surface area (Å²) in [5.41, 5.74) is 2.71. The molecule has 2 aromatic heterocycles. The van der Waals surface area contributed by atoms with Gasteiger partial charge in [0.25, 0.3) is 5.91 Å². The first-order valence-electron chi connectivity index (χ1n) is 9.74. The fourth-order valence-electron chi connectivity index (χ4n) is 3.11. The Kier molecular flexibility index (Phi) is 7.12. The van der Waals surface area contributed by atoms with E-state index >= 15 is 0 Å². The molecule has 148 valence electrons. The van der Waals surface area contributed by atoms with E-state index in [9.17, 15) is 4.79 Å². The van der Waals surface area contributed by atoms with Crippen LogP contribution in [0.15, 0.2) is 59.8 Å². The van der Waals surface area contributed by atoms with Gasteiger partial charge >= 0.3 is 0 Å². The number of amides is 1. The molecule has 0 radical (unpaired) electrons. The number of likely N-dealkylation sites (N-methyl/N-ethyl adjacent to an activating group) is 1. The molecule has 0 spiro atoms. The van der Waals surface area contributed by atoms with Crippen molar-refractivity contribution in [2.24, 2.45) is 0 Å². The number of carbonyl (C=O) groups is 1. The molecule has 0 atom stereocenters. The zero-order valence-corrected chi connectivity index (χ0v) is 17.6. The minimum absolute atomic E-state index is 0.0169. The SMILES string of the molecule is CCN(CCNC(=O)c1ccc(SCc2cn3ccccc3n2)cc1)C(C)C. The third-order valence-corrected chi connectivity index (χ3v) is 5.78. The standard InChI is InChI=1S/C22H28N4OS/c1-4-25(17(2)3)14-12-23-22(27)18-8-10-20(11-9-18)28-16-19-15-26-13-6-5-7-21(26)24-19/h5-11,13,15,17H,4,12,14,16H2,1-3H3,(H,23,27). The summed E-state index contributed by atoms with van der Waals surface area (Å²) in [5.74, 6) is 0.784. The van der Waals surface area contributed by atoms with Crippen LogP contribution in [0, 0.1) is 0 Å². The lowest BCUT2D eigenvalue weighted by molar-refractivity contribution is 0.0946. The van der Waals surface area contributed by atoms with E-state index in [4.69, 9.17) is 0 Å². The molecular formula is C22H28N4OS. The smallest absolute Gasteiger partial charge is 0.251 e. The Morgan fingerprint density at radius 3 is 2.68 bits per heavy atom. The number of imidazole rings is 1. The number of hydrogen-bond acceptors (Lipinski definition) is 4. The maximum absolute atomic E-state index is 12.3. The fraction of sp³-hybridized carbons (Fsp3) is 0.364. The van der Waals surface area contributed by atoms with Crippen molar-refractivity contribution in [3.05, 3.63) is 66.1 Å². The number of nitrogens with zero attached hydrogens (tertiary/aromatic N) is 3. The quantitative estimate of drug-likeness (QED) is 0.554. The molecule has 1 aromatic carbocycles. The summed E-state index contributed by atoms with van der Waals surface area (Å²) in [4.78, 5) is 20.4. The lowest BCUT2D eigenvalue weighted by Crippen LogP contribution is -2.38. The number of aromatic nitrogens is 2. The van der Waals surface area contributed by atoms with E-state index in [0.717, 1.165) is 35.1 Å². The molecule has 0 aliphatic rings. The van der Waals surface area contributed by atoms with Gasteiger partial charge in [0.2, 0.25) is 0 Å². The molecule has 0 bridgehead atoms. The number of pyridine rings is 1. The zero-order chi connectivity index (χ0) is 19.9. The Hall–Kier alpha value is -2.31. The van der Waals surface area contributed by atoms with E-state index < -0.39 is 0 Å². The second-order valence-corrected chi connectivity index (χ2v) is 8.04. The fourth-order valence-corrected chi connectivity index (χ4v) is 3.90. The molecule has 28 heavy (non-hydrogen) atoms. The van der Waals surface area contributed by atoms with E-state index in [0.29, 0.717) is 18.2 Å². The van der Waals surface area contributed by atoms with Gasteiger partial charge in [-0.3, -0.25) is 9.69 Å². The van der Waals surface area contributed by atoms with Crippen LogP contribution in [-0.2, 0) is 5.75 Å². The first-order chi connectivity index (χ1) is 13.6. The molecule has 6 heteroatoms. The Morgan fingerprint density at radius 1 is 1.21 bits per heavy atom. The topological polar surface area (TPSA) is 49.6 Å². The van der Waals surface area contributed by atoms with Crippen LogP contribution in [0.5, 0.6) is 0 Å². The first-order valence-corrected chi connectivity index (χ1v) is 10.7. The van der Waals surface area contributed by atoms with Gasteiger partial charge in [0, 0.05) is 47.7 Å². The molecule has 3 aromatic rings. The van der Waals surface area contributed by atoms with Crippen molar-refractivity contribution in [1.29, 1.82) is 0 Å². The summed E-state index contributed by atoms with van der Waals surface area (Å²) in [6.07, 6.45) is 4.06. The van der Waals surface area contributed by atoms with Crippen molar-refractivity contribution < 1.29 is 4.79 Å². The predicted molar refractivity (Wildman–Crippen MR) is 116 cm³/mol. The van der Waals surface area contributed by atoms with Crippen molar-refractivity contribution >= 4 is 23.3 Å². The van der Waals surface area contributed by atoms with E-state index in [1.807, 2.05) is 53.1 Å². The summed E-state index contributed by atoms with van der Waals surface area (Å²) in [7, 11) is 0. The molecule has 3 rings (SSSR count). The normalized spacial score (nSPS) is 11.5. The number of rotatable bonds is 9. The van der Waals surface area contributed by atoms with Crippen LogP contribution in [-0.4, -0.2) is 45.9 Å². The summed E-state index contributed by atoms with van der Waals surface area (Å²) >= 11 is 1.72. The number of thioether (sulfide) groups is 1. The lowest BCUT2D eigenvalue weighted by Gasteiger charge is -2.24. The van der Waals surface area contributed by atoms with Gasteiger partial charge in [-0.05, 0) is 56.8 Å². The highest BCUT2D eigenvalue weighted by Gasteiger charge is 2.09. The molecule has 5 nitrogen and oxygen atoms in total. The second-order valence-electron chi connectivity index (χ2n) is 6.99. The van der Waals surface area contributed by atoms with Gasteiger partial charge in [0.15, 0.2) is 0 Å². The second kappa shape index (κ2) is 9.75. The van der Waals surface area contributed by atoms with Gasteiger partial charge in [-0.1, -0.05) is 13.0 Å². The highest BCUT2D eigenvalue weighted by molar-refractivity contribution is 7.98. The molecule has 0 aliphatic heterocycles. The van der Waals surface area contributed by atoms with Crippen LogP contribution in [0.4, 0.5) is 0 Å². The van der Waals surface area contributed by atoms with Gasteiger partial charge in [0.1, 0.15) is 5.65 Å². The van der Waals surface area contributed by atoms with Crippen molar-refractivity contribution in [2.75, 3.05) is 19.6 Å². The predicted octanol–water partition coefficient (Wildman–Crippen LogP) is 4.09. The molecule has 0 aliphatic carbocycles. The van der Waals surface area contributed by atoms with Gasteiger partial charge in [-0.2, -0.15) is 0 Å². The molecule has 0 fully saturated rings. The zero-order valence-electron chi connectivity index (χ0n) is 16.8. The summed E-state index contributed by atoms with van der Waals surface area (Å²) in [6, 6.07) is 14.3. The number of nitrogens with one attached hydrogen (secondary N) is 1. The Bertz CT molecular complexity index is 871. The molecule has 0 saturated heterocycles. The van der Waals surface area contributed by atoms with Crippen molar-refractivity contribution in [1.82, 2.24) is 19.6 Å².